The molecule has 0 bridgehead atoms. The highest BCUT2D eigenvalue weighted by Gasteiger charge is 2.24. The highest BCUT2D eigenvalue weighted by molar-refractivity contribution is 7.14. The second kappa shape index (κ2) is 6.37. The van der Waals surface area contributed by atoms with Gasteiger partial charge >= 0.3 is 5.97 Å². The molecular weight excluding hydrogens is 278 g/mol. The zero-order valence-corrected chi connectivity index (χ0v) is 12.2. The van der Waals surface area contributed by atoms with Crippen LogP contribution < -0.4 is 5.32 Å². The number of hydrogen-bond acceptors (Lipinski definition) is 4. The molecule has 5 nitrogen and oxygen atoms in total. The standard InChI is InChI=1S/C14H19NO4S/c1-8-2-3-11-9(6-8)7-12(20-11)13(17)15-10(4-5-16)14(18)19/h7-8,10,16H,2-6H2,1H3,(H,15,17)(H,18,19)/t8?,10-/m0/s1. The largest absolute Gasteiger partial charge is 0.480 e. The van der Waals surface area contributed by atoms with E-state index in [1.807, 2.05) is 6.07 Å². The van der Waals surface area contributed by atoms with E-state index in [4.69, 9.17) is 10.2 Å². The fourth-order valence-corrected chi connectivity index (χ4v) is 3.55. The van der Waals surface area contributed by atoms with Crippen LogP contribution in [0.25, 0.3) is 0 Å². The van der Waals surface area contributed by atoms with Crippen LogP contribution in [0.3, 0.4) is 0 Å². The first-order chi connectivity index (χ1) is 9.51. The third-order valence-electron chi connectivity index (χ3n) is 3.57. The lowest BCUT2D eigenvalue weighted by atomic mass is 9.90. The van der Waals surface area contributed by atoms with Gasteiger partial charge in [0.05, 0.1) is 4.88 Å². The highest BCUT2D eigenvalue weighted by atomic mass is 32.1. The number of aliphatic carboxylic acids is 1. The number of hydrogen-bond donors (Lipinski definition) is 3. The van der Waals surface area contributed by atoms with Gasteiger partial charge in [0.2, 0.25) is 0 Å². The fourth-order valence-electron chi connectivity index (χ4n) is 2.43. The van der Waals surface area contributed by atoms with E-state index in [-0.39, 0.29) is 18.9 Å². The monoisotopic (exact) mass is 297 g/mol. The average Bonchev–Trinajstić information content (AvgIpc) is 2.80. The lowest BCUT2D eigenvalue weighted by Crippen LogP contribution is -2.41. The minimum Gasteiger partial charge on any atom is -0.480 e. The van der Waals surface area contributed by atoms with E-state index < -0.39 is 12.0 Å². The van der Waals surface area contributed by atoms with E-state index in [1.54, 1.807) is 0 Å². The molecule has 0 radical (unpaired) electrons. The average molecular weight is 297 g/mol. The van der Waals surface area contributed by atoms with Gasteiger partial charge in [0, 0.05) is 17.9 Å². The molecule has 1 heterocycles. The Labute approximate surface area is 121 Å². The first kappa shape index (κ1) is 15.0. The number of carboxylic acid groups (broad SMARTS) is 1. The van der Waals surface area contributed by atoms with Gasteiger partial charge in [-0.2, -0.15) is 0 Å². The van der Waals surface area contributed by atoms with E-state index in [0.29, 0.717) is 10.8 Å². The summed E-state index contributed by atoms with van der Waals surface area (Å²) in [6.07, 6.45) is 3.13. The van der Waals surface area contributed by atoms with Crippen LogP contribution in [0, 0.1) is 5.92 Å². The summed E-state index contributed by atoms with van der Waals surface area (Å²) in [5, 5.41) is 20.3. The van der Waals surface area contributed by atoms with Gasteiger partial charge in [-0.3, -0.25) is 4.79 Å². The van der Waals surface area contributed by atoms with Gasteiger partial charge in [0.15, 0.2) is 0 Å². The lowest BCUT2D eigenvalue weighted by Gasteiger charge is -2.16. The number of aryl methyl sites for hydroxylation is 1. The molecule has 2 atom stereocenters. The first-order valence-corrected chi connectivity index (χ1v) is 7.59. The molecule has 3 N–H and O–H groups in total. The molecule has 0 saturated carbocycles. The molecule has 1 amide bonds. The number of rotatable bonds is 5. The molecule has 110 valence electrons. The molecule has 0 aliphatic heterocycles. The summed E-state index contributed by atoms with van der Waals surface area (Å²) in [6, 6.07) is 0.841. The van der Waals surface area contributed by atoms with Crippen LogP contribution in [-0.2, 0) is 17.6 Å². The Balaban J connectivity index is 2.08. The number of fused-ring (bicyclic) bond motifs is 1. The Morgan fingerprint density at radius 2 is 2.30 bits per heavy atom. The maximum atomic E-state index is 12.1. The predicted octanol–water partition coefficient (Wildman–Crippen LogP) is 1.44. The summed E-state index contributed by atoms with van der Waals surface area (Å²) in [6.45, 7) is 1.93. The van der Waals surface area contributed by atoms with E-state index >= 15 is 0 Å². The molecule has 0 saturated heterocycles. The van der Waals surface area contributed by atoms with Crippen LogP contribution in [0.15, 0.2) is 6.07 Å². The van der Waals surface area contributed by atoms with E-state index in [9.17, 15) is 9.59 Å². The van der Waals surface area contributed by atoms with Crippen LogP contribution in [0.1, 0.15) is 39.9 Å². The summed E-state index contributed by atoms with van der Waals surface area (Å²) in [5.74, 6) is -0.852. The Hall–Kier alpha value is -1.40. The number of aliphatic hydroxyl groups is 1. The van der Waals surface area contributed by atoms with Gasteiger partial charge in [-0.25, -0.2) is 4.79 Å². The quantitative estimate of drug-likeness (QED) is 0.767. The molecule has 1 aliphatic carbocycles. The summed E-state index contributed by atoms with van der Waals surface area (Å²) in [5.41, 5.74) is 1.22. The van der Waals surface area contributed by atoms with Crippen molar-refractivity contribution in [1.82, 2.24) is 5.32 Å². The molecule has 1 aromatic rings. The predicted molar refractivity (Wildman–Crippen MR) is 76.1 cm³/mol. The van der Waals surface area contributed by atoms with Crippen molar-refractivity contribution in [2.45, 2.75) is 38.6 Å². The highest BCUT2D eigenvalue weighted by Crippen LogP contribution is 2.32. The van der Waals surface area contributed by atoms with Gasteiger partial charge in [0.25, 0.3) is 5.91 Å². The second-order valence-corrected chi connectivity index (χ2v) is 6.42. The molecule has 0 aromatic carbocycles. The van der Waals surface area contributed by atoms with E-state index in [1.165, 1.54) is 21.8 Å². The van der Waals surface area contributed by atoms with E-state index in [2.05, 4.69) is 12.2 Å². The van der Waals surface area contributed by atoms with Crippen LogP contribution in [0.4, 0.5) is 0 Å². The van der Waals surface area contributed by atoms with Crippen molar-refractivity contribution in [2.24, 2.45) is 5.92 Å². The van der Waals surface area contributed by atoms with Gasteiger partial charge in [-0.1, -0.05) is 6.92 Å². The molecule has 20 heavy (non-hydrogen) atoms. The Morgan fingerprint density at radius 3 is 2.95 bits per heavy atom. The van der Waals surface area contributed by atoms with Crippen molar-refractivity contribution >= 4 is 23.2 Å². The molecule has 1 aliphatic rings. The maximum absolute atomic E-state index is 12.1. The van der Waals surface area contributed by atoms with Crippen molar-refractivity contribution in [2.75, 3.05) is 6.61 Å². The fraction of sp³-hybridized carbons (Fsp3) is 0.571. The van der Waals surface area contributed by atoms with Crippen LogP contribution in [-0.4, -0.2) is 34.7 Å². The number of thiophene rings is 1. The Kier molecular flexibility index (Phi) is 4.77. The van der Waals surface area contributed by atoms with Crippen molar-refractivity contribution in [1.29, 1.82) is 0 Å². The number of amides is 1. The minimum atomic E-state index is -1.12. The van der Waals surface area contributed by atoms with Crippen LogP contribution in [0.5, 0.6) is 0 Å². The van der Waals surface area contributed by atoms with Crippen molar-refractivity contribution in [3.8, 4) is 0 Å². The molecule has 0 fully saturated rings. The third kappa shape index (κ3) is 3.37. The lowest BCUT2D eigenvalue weighted by molar-refractivity contribution is -0.139. The molecule has 0 spiro atoms. The van der Waals surface area contributed by atoms with Gasteiger partial charge in [-0.05, 0) is 36.8 Å². The van der Waals surface area contributed by atoms with E-state index in [0.717, 1.165) is 19.3 Å². The molecular formula is C14H19NO4S. The minimum absolute atomic E-state index is 0.0171. The van der Waals surface area contributed by atoms with Gasteiger partial charge in [-0.15, -0.1) is 11.3 Å². The summed E-state index contributed by atoms with van der Waals surface area (Å²) >= 11 is 1.45. The molecule has 1 aromatic heterocycles. The zero-order valence-electron chi connectivity index (χ0n) is 11.4. The number of nitrogens with one attached hydrogen (secondary N) is 1. The van der Waals surface area contributed by atoms with Gasteiger partial charge < -0.3 is 15.5 Å². The second-order valence-electron chi connectivity index (χ2n) is 5.28. The zero-order chi connectivity index (χ0) is 14.7. The summed E-state index contributed by atoms with van der Waals surface area (Å²) in [7, 11) is 0. The van der Waals surface area contributed by atoms with Crippen molar-refractivity contribution in [3.63, 3.8) is 0 Å². The van der Waals surface area contributed by atoms with Crippen molar-refractivity contribution in [3.05, 3.63) is 21.4 Å². The third-order valence-corrected chi connectivity index (χ3v) is 4.81. The SMILES string of the molecule is CC1CCc2sc(C(=O)N[C@@H](CCO)C(=O)O)cc2C1. The number of carboxylic acids is 1. The number of carbonyl (C=O) groups is 2. The smallest absolute Gasteiger partial charge is 0.326 e. The van der Waals surface area contributed by atoms with Gasteiger partial charge in [0.1, 0.15) is 6.04 Å². The Morgan fingerprint density at radius 1 is 1.55 bits per heavy atom. The van der Waals surface area contributed by atoms with Crippen molar-refractivity contribution < 1.29 is 19.8 Å². The van der Waals surface area contributed by atoms with Crippen LogP contribution in [0.2, 0.25) is 0 Å². The summed E-state index contributed by atoms with van der Waals surface area (Å²) in [4.78, 5) is 24.9. The number of aliphatic hydroxyl groups excluding tert-OH is 1. The normalized spacial score (nSPS) is 19.2. The first-order valence-electron chi connectivity index (χ1n) is 6.77. The topological polar surface area (TPSA) is 86.6 Å². The molecule has 6 heteroatoms. The molecule has 1 unspecified atom stereocenters. The Bertz CT molecular complexity index is 511. The number of carbonyl (C=O) groups excluding carboxylic acids is 1. The molecule has 2 rings (SSSR count). The van der Waals surface area contributed by atoms with Crippen LogP contribution >= 0.6 is 11.3 Å². The maximum Gasteiger partial charge on any atom is 0.326 e. The summed E-state index contributed by atoms with van der Waals surface area (Å²) < 4.78 is 0.